The van der Waals surface area contributed by atoms with E-state index in [1.165, 1.54) is 6.42 Å². The maximum Gasteiger partial charge on any atom is 0.271 e. The quantitative estimate of drug-likeness (QED) is 0.839. The topological polar surface area (TPSA) is 67.2 Å². The summed E-state index contributed by atoms with van der Waals surface area (Å²) < 4.78 is 2.00. The van der Waals surface area contributed by atoms with Gasteiger partial charge in [-0.25, -0.2) is 4.98 Å². The van der Waals surface area contributed by atoms with Gasteiger partial charge < -0.3 is 14.8 Å². The van der Waals surface area contributed by atoms with Gasteiger partial charge in [0.05, 0.1) is 17.9 Å². The molecule has 132 valence electrons. The highest BCUT2D eigenvalue weighted by Crippen LogP contribution is 2.25. The van der Waals surface area contributed by atoms with Crippen molar-refractivity contribution in [1.82, 2.24) is 19.8 Å². The van der Waals surface area contributed by atoms with Crippen LogP contribution in [0.4, 0.5) is 0 Å². The Labute approximate surface area is 143 Å². The van der Waals surface area contributed by atoms with Gasteiger partial charge in [-0.2, -0.15) is 0 Å². The van der Waals surface area contributed by atoms with E-state index >= 15 is 0 Å². The Kier molecular flexibility index (Phi) is 5.53. The maximum absolute atomic E-state index is 12.7. The van der Waals surface area contributed by atoms with Crippen LogP contribution in [0.5, 0.6) is 0 Å². The smallest absolute Gasteiger partial charge is 0.271 e. The van der Waals surface area contributed by atoms with Crippen LogP contribution in [0.1, 0.15) is 61.6 Å². The summed E-state index contributed by atoms with van der Waals surface area (Å²) in [4.78, 5) is 31.3. The third kappa shape index (κ3) is 3.62. The first kappa shape index (κ1) is 17.0. The highest BCUT2D eigenvalue weighted by Gasteiger charge is 2.31. The Bertz CT molecular complexity index is 590. The van der Waals surface area contributed by atoms with Crippen LogP contribution < -0.4 is 5.32 Å². The Morgan fingerprint density at radius 3 is 2.83 bits per heavy atom. The molecule has 0 aromatic carbocycles. The highest BCUT2D eigenvalue weighted by atomic mass is 16.2. The third-order valence-corrected chi connectivity index (χ3v) is 5.14. The molecule has 0 spiro atoms. The zero-order valence-corrected chi connectivity index (χ0v) is 14.6. The predicted octanol–water partition coefficient (Wildman–Crippen LogP) is 1.99. The molecule has 0 radical (unpaired) electrons. The van der Waals surface area contributed by atoms with Gasteiger partial charge in [0.15, 0.2) is 0 Å². The third-order valence-electron chi connectivity index (χ3n) is 5.14. The Hall–Kier alpha value is -1.85. The summed E-state index contributed by atoms with van der Waals surface area (Å²) in [7, 11) is 0. The van der Waals surface area contributed by atoms with Crippen LogP contribution >= 0.6 is 0 Å². The molecule has 3 rings (SSSR count). The normalized spacial score (nSPS) is 20.5. The molecule has 1 fully saturated rings. The number of nitrogens with one attached hydrogen (secondary N) is 1. The van der Waals surface area contributed by atoms with Crippen molar-refractivity contribution in [2.24, 2.45) is 5.92 Å². The van der Waals surface area contributed by atoms with Gasteiger partial charge in [0, 0.05) is 26.2 Å². The summed E-state index contributed by atoms with van der Waals surface area (Å²) in [5, 5.41) is 2.93. The number of piperidine rings is 1. The molecule has 0 bridgehead atoms. The van der Waals surface area contributed by atoms with Crippen molar-refractivity contribution in [3.05, 3.63) is 17.7 Å². The van der Waals surface area contributed by atoms with Crippen molar-refractivity contribution >= 4 is 11.8 Å². The lowest BCUT2D eigenvalue weighted by Gasteiger charge is -2.32. The number of fused-ring (bicyclic) bond motifs is 1. The van der Waals surface area contributed by atoms with Crippen molar-refractivity contribution in [2.75, 3.05) is 19.6 Å². The fourth-order valence-corrected chi connectivity index (χ4v) is 3.69. The Morgan fingerprint density at radius 2 is 2.08 bits per heavy atom. The lowest BCUT2D eigenvalue weighted by molar-refractivity contribution is -0.137. The number of carbonyl (C=O) groups excluding carboxylic acids is 2. The van der Waals surface area contributed by atoms with Crippen LogP contribution in [-0.2, 0) is 17.8 Å². The molecule has 2 aliphatic heterocycles. The number of nitrogens with zero attached hydrogens (tertiary/aromatic N) is 3. The predicted molar refractivity (Wildman–Crippen MR) is 91.7 cm³/mol. The van der Waals surface area contributed by atoms with E-state index in [1.807, 2.05) is 9.47 Å². The second-order valence-corrected chi connectivity index (χ2v) is 6.92. The highest BCUT2D eigenvalue weighted by molar-refractivity contribution is 5.93. The number of hydrogen-bond acceptors (Lipinski definition) is 3. The zero-order chi connectivity index (χ0) is 16.9. The first-order valence-electron chi connectivity index (χ1n) is 9.31. The molecule has 6 nitrogen and oxygen atoms in total. The number of likely N-dealkylation sites (tertiary alicyclic amines) is 1. The largest absolute Gasteiger partial charge is 0.351 e. The molecule has 1 aromatic heterocycles. The zero-order valence-electron chi connectivity index (χ0n) is 14.6. The van der Waals surface area contributed by atoms with Gasteiger partial charge in [0.2, 0.25) is 5.91 Å². The fourth-order valence-electron chi connectivity index (χ4n) is 3.69. The number of aromatic nitrogens is 2. The molecule has 1 saturated heterocycles. The van der Waals surface area contributed by atoms with Crippen molar-refractivity contribution in [1.29, 1.82) is 0 Å². The van der Waals surface area contributed by atoms with Gasteiger partial charge in [0.25, 0.3) is 5.91 Å². The maximum atomic E-state index is 12.7. The number of rotatable bonds is 5. The van der Waals surface area contributed by atoms with Crippen LogP contribution in [0.2, 0.25) is 0 Å². The van der Waals surface area contributed by atoms with Crippen LogP contribution in [0.25, 0.3) is 0 Å². The molecule has 1 atom stereocenters. The van der Waals surface area contributed by atoms with Gasteiger partial charge in [-0.05, 0) is 38.5 Å². The van der Waals surface area contributed by atoms with E-state index in [1.54, 1.807) is 6.33 Å². The summed E-state index contributed by atoms with van der Waals surface area (Å²) in [6.45, 7) is 5.25. The van der Waals surface area contributed by atoms with Gasteiger partial charge in [0.1, 0.15) is 5.69 Å². The van der Waals surface area contributed by atoms with E-state index in [0.29, 0.717) is 18.8 Å². The molecule has 0 aliphatic carbocycles. The second kappa shape index (κ2) is 7.81. The van der Waals surface area contributed by atoms with Gasteiger partial charge in [-0.1, -0.05) is 13.3 Å². The summed E-state index contributed by atoms with van der Waals surface area (Å²) in [6.07, 6.45) is 8.80. The number of amides is 2. The van der Waals surface area contributed by atoms with E-state index in [9.17, 15) is 9.59 Å². The van der Waals surface area contributed by atoms with E-state index in [2.05, 4.69) is 17.2 Å². The van der Waals surface area contributed by atoms with Crippen molar-refractivity contribution in [3.8, 4) is 0 Å². The van der Waals surface area contributed by atoms with Gasteiger partial charge in [-0.15, -0.1) is 0 Å². The van der Waals surface area contributed by atoms with Gasteiger partial charge >= 0.3 is 0 Å². The number of imidazole rings is 1. The average Bonchev–Trinajstić information content (AvgIpc) is 3.05. The van der Waals surface area contributed by atoms with Crippen molar-refractivity contribution < 1.29 is 9.59 Å². The molecule has 1 N–H and O–H groups in total. The molecule has 24 heavy (non-hydrogen) atoms. The minimum Gasteiger partial charge on any atom is -0.351 e. The summed E-state index contributed by atoms with van der Waals surface area (Å²) in [5.74, 6) is 0.224. The second-order valence-electron chi connectivity index (χ2n) is 6.92. The molecule has 1 aromatic rings. The van der Waals surface area contributed by atoms with Crippen LogP contribution in [0, 0.1) is 5.92 Å². The lowest BCUT2D eigenvalue weighted by Crippen LogP contribution is -2.42. The number of hydrogen-bond donors (Lipinski definition) is 1. The molecule has 2 aliphatic rings. The average molecular weight is 332 g/mol. The first-order valence-corrected chi connectivity index (χ1v) is 9.31. The molecule has 1 unspecified atom stereocenters. The molecule has 0 saturated carbocycles. The fraction of sp³-hybridized carbons (Fsp3) is 0.722. The molecular formula is C18H28N4O2. The molecule has 6 heteroatoms. The standard InChI is InChI=1S/C18H28N4O2/c1-2-3-9-19-17(23)16-15-8-7-14(12-22(15)13-20-16)18(24)21-10-5-4-6-11-21/h13-14H,2-12H2,1H3,(H,19,23). The Morgan fingerprint density at radius 1 is 1.29 bits per heavy atom. The van der Waals surface area contributed by atoms with Crippen molar-refractivity contribution in [3.63, 3.8) is 0 Å². The van der Waals surface area contributed by atoms with Gasteiger partial charge in [-0.3, -0.25) is 9.59 Å². The van der Waals surface area contributed by atoms with E-state index in [4.69, 9.17) is 0 Å². The van der Waals surface area contributed by atoms with Crippen LogP contribution in [-0.4, -0.2) is 45.9 Å². The van der Waals surface area contributed by atoms with E-state index in [0.717, 1.165) is 57.3 Å². The van der Waals surface area contributed by atoms with E-state index in [-0.39, 0.29) is 17.7 Å². The summed E-state index contributed by atoms with van der Waals surface area (Å²) >= 11 is 0. The summed E-state index contributed by atoms with van der Waals surface area (Å²) in [6, 6.07) is 0. The number of carbonyl (C=O) groups is 2. The van der Waals surface area contributed by atoms with E-state index < -0.39 is 0 Å². The number of unbranched alkanes of at least 4 members (excludes halogenated alkanes) is 1. The minimum absolute atomic E-state index is 0.0285. The summed E-state index contributed by atoms with van der Waals surface area (Å²) in [5.41, 5.74) is 1.52. The molecular weight excluding hydrogens is 304 g/mol. The lowest BCUT2D eigenvalue weighted by atomic mass is 9.94. The Balaban J connectivity index is 1.62. The minimum atomic E-state index is -0.0852. The molecule has 2 amide bonds. The first-order chi connectivity index (χ1) is 11.7. The van der Waals surface area contributed by atoms with Crippen molar-refractivity contribution in [2.45, 2.75) is 58.4 Å². The monoisotopic (exact) mass is 332 g/mol. The van der Waals surface area contributed by atoms with Crippen LogP contribution in [0.15, 0.2) is 6.33 Å². The SMILES string of the molecule is CCCCNC(=O)c1ncn2c1CCC(C(=O)N1CCCCC1)C2. The van der Waals surface area contributed by atoms with Crippen LogP contribution in [0.3, 0.4) is 0 Å². The molecule has 3 heterocycles.